The maximum Gasteiger partial charge on any atom is 0.0927 e. The van der Waals surface area contributed by atoms with Gasteiger partial charge >= 0.3 is 0 Å². The molecule has 0 aromatic carbocycles. The molecular weight excluding hydrogens is 230 g/mol. The first-order valence-corrected chi connectivity index (χ1v) is 6.00. The smallest absolute Gasteiger partial charge is 0.0927 e. The first-order valence-electron chi connectivity index (χ1n) is 6.00. The van der Waals surface area contributed by atoms with Crippen LogP contribution in [0.1, 0.15) is 22.5 Å². The van der Waals surface area contributed by atoms with E-state index in [0.29, 0.717) is 6.61 Å². The van der Waals surface area contributed by atoms with Gasteiger partial charge in [-0.25, -0.2) is 0 Å². The van der Waals surface area contributed by atoms with Crippen LogP contribution < -0.4 is 0 Å². The Hall–Kier alpha value is -1.66. The number of hydrogen-bond donors (Lipinski definition) is 1. The maximum atomic E-state index is 5.15. The lowest BCUT2D eigenvalue weighted by atomic mass is 10.2. The third-order valence-electron chi connectivity index (χ3n) is 3.25. The lowest BCUT2D eigenvalue weighted by Gasteiger charge is -2.13. The Morgan fingerprint density at radius 3 is 3.06 bits per heavy atom. The quantitative estimate of drug-likeness (QED) is 0.868. The average molecular weight is 247 g/mol. The van der Waals surface area contributed by atoms with Crippen LogP contribution >= 0.6 is 0 Å². The molecule has 0 saturated carbocycles. The fraction of sp³-hybridized carbons (Fsp3) is 0.500. The highest BCUT2D eigenvalue weighted by molar-refractivity contribution is 5.28. The summed E-state index contributed by atoms with van der Waals surface area (Å²) in [6.07, 6.45) is 3.97. The van der Waals surface area contributed by atoms with Crippen LogP contribution in [0.15, 0.2) is 12.4 Å². The molecule has 3 heterocycles. The van der Waals surface area contributed by atoms with Crippen molar-refractivity contribution in [2.75, 3.05) is 7.11 Å². The number of hydrogen-bond acceptors (Lipinski definition) is 4. The SMILES string of the molecule is COCc1n[nH]c2c1CN(Cc1cnn(C)c1)C2. The Bertz CT molecular complexity index is 544. The molecule has 2 aromatic heterocycles. The Balaban J connectivity index is 1.69. The first-order chi connectivity index (χ1) is 8.76. The summed E-state index contributed by atoms with van der Waals surface area (Å²) in [5, 5.41) is 11.6. The van der Waals surface area contributed by atoms with Gasteiger partial charge in [0.15, 0.2) is 0 Å². The molecule has 1 aliphatic heterocycles. The molecule has 6 heteroatoms. The zero-order valence-corrected chi connectivity index (χ0v) is 10.7. The van der Waals surface area contributed by atoms with E-state index < -0.39 is 0 Å². The van der Waals surface area contributed by atoms with E-state index >= 15 is 0 Å². The number of fused-ring (bicyclic) bond motifs is 1. The fourth-order valence-electron chi connectivity index (χ4n) is 2.44. The molecule has 3 rings (SSSR count). The van der Waals surface area contributed by atoms with Crippen LogP contribution in [0.4, 0.5) is 0 Å². The van der Waals surface area contributed by atoms with Crippen LogP contribution in [-0.2, 0) is 38.0 Å². The summed E-state index contributed by atoms with van der Waals surface area (Å²) in [7, 11) is 3.64. The minimum atomic E-state index is 0.576. The number of nitrogens with one attached hydrogen (secondary N) is 1. The fourth-order valence-corrected chi connectivity index (χ4v) is 2.44. The largest absolute Gasteiger partial charge is 0.378 e. The van der Waals surface area contributed by atoms with Gasteiger partial charge in [-0.1, -0.05) is 0 Å². The Labute approximate surface area is 106 Å². The monoisotopic (exact) mass is 247 g/mol. The molecule has 0 saturated heterocycles. The third-order valence-corrected chi connectivity index (χ3v) is 3.25. The number of methoxy groups -OCH3 is 1. The zero-order valence-electron chi connectivity index (χ0n) is 10.7. The molecule has 0 atom stereocenters. The van der Waals surface area contributed by atoms with Crippen LogP contribution in [-0.4, -0.2) is 32.0 Å². The Kier molecular flexibility index (Phi) is 2.89. The van der Waals surface area contributed by atoms with E-state index in [1.54, 1.807) is 7.11 Å². The summed E-state index contributed by atoms with van der Waals surface area (Å²) in [6.45, 7) is 3.34. The van der Waals surface area contributed by atoms with Crippen molar-refractivity contribution >= 4 is 0 Å². The number of aromatic nitrogens is 4. The van der Waals surface area contributed by atoms with Gasteiger partial charge in [-0.2, -0.15) is 10.2 Å². The molecule has 0 radical (unpaired) electrons. The molecule has 0 bridgehead atoms. The number of nitrogens with zero attached hydrogens (tertiary/aromatic N) is 4. The molecule has 0 spiro atoms. The molecule has 2 aromatic rings. The Morgan fingerprint density at radius 1 is 1.44 bits per heavy atom. The van der Waals surface area contributed by atoms with Crippen molar-refractivity contribution in [3.63, 3.8) is 0 Å². The summed E-state index contributed by atoms with van der Waals surface area (Å²) in [5.74, 6) is 0. The van der Waals surface area contributed by atoms with Gasteiger partial charge in [-0.05, 0) is 0 Å². The molecule has 6 nitrogen and oxygen atoms in total. The number of rotatable bonds is 4. The summed E-state index contributed by atoms with van der Waals surface area (Å²) in [5.41, 5.74) is 4.77. The second-order valence-corrected chi connectivity index (χ2v) is 4.73. The van der Waals surface area contributed by atoms with Crippen molar-refractivity contribution in [2.24, 2.45) is 7.05 Å². The van der Waals surface area contributed by atoms with Crippen molar-refractivity contribution in [2.45, 2.75) is 26.2 Å². The summed E-state index contributed by atoms with van der Waals surface area (Å²) < 4.78 is 6.99. The molecule has 1 aliphatic rings. The van der Waals surface area contributed by atoms with Gasteiger partial charge < -0.3 is 4.74 Å². The van der Waals surface area contributed by atoms with E-state index in [0.717, 1.165) is 25.3 Å². The van der Waals surface area contributed by atoms with E-state index in [1.165, 1.54) is 16.8 Å². The van der Waals surface area contributed by atoms with Gasteiger partial charge in [0.25, 0.3) is 0 Å². The third kappa shape index (κ3) is 2.04. The highest BCUT2D eigenvalue weighted by atomic mass is 16.5. The molecular formula is C12H17N5O. The highest BCUT2D eigenvalue weighted by Crippen LogP contribution is 2.25. The van der Waals surface area contributed by atoms with Crippen LogP contribution in [0.5, 0.6) is 0 Å². The normalized spacial score (nSPS) is 15.2. The second kappa shape index (κ2) is 4.55. The first kappa shape index (κ1) is 11.4. The molecule has 18 heavy (non-hydrogen) atoms. The van der Waals surface area contributed by atoms with Gasteiger partial charge in [-0.3, -0.25) is 14.7 Å². The highest BCUT2D eigenvalue weighted by Gasteiger charge is 2.24. The van der Waals surface area contributed by atoms with Crippen molar-refractivity contribution in [3.05, 3.63) is 34.9 Å². The lowest BCUT2D eigenvalue weighted by molar-refractivity contribution is 0.179. The van der Waals surface area contributed by atoms with Gasteiger partial charge in [0, 0.05) is 51.1 Å². The van der Waals surface area contributed by atoms with E-state index in [-0.39, 0.29) is 0 Å². The minimum Gasteiger partial charge on any atom is -0.378 e. The molecule has 1 N–H and O–H groups in total. The molecule has 96 valence electrons. The van der Waals surface area contributed by atoms with Crippen LogP contribution in [0.3, 0.4) is 0 Å². The maximum absolute atomic E-state index is 5.15. The number of ether oxygens (including phenoxy) is 1. The Morgan fingerprint density at radius 2 is 2.33 bits per heavy atom. The van der Waals surface area contributed by atoms with Crippen molar-refractivity contribution in [1.82, 2.24) is 24.9 Å². The standard InChI is InChI=1S/C12H17N5O/c1-16-4-9(3-13-16)5-17-6-10-11(7-17)14-15-12(10)8-18-2/h3-4H,5-8H2,1-2H3,(H,14,15). The van der Waals surface area contributed by atoms with Crippen LogP contribution in [0.2, 0.25) is 0 Å². The van der Waals surface area contributed by atoms with E-state index in [4.69, 9.17) is 4.74 Å². The van der Waals surface area contributed by atoms with Gasteiger partial charge in [-0.15, -0.1) is 0 Å². The second-order valence-electron chi connectivity index (χ2n) is 4.73. The van der Waals surface area contributed by atoms with Crippen LogP contribution in [0, 0.1) is 0 Å². The van der Waals surface area contributed by atoms with E-state index in [2.05, 4.69) is 26.4 Å². The van der Waals surface area contributed by atoms with Gasteiger partial charge in [0.1, 0.15) is 0 Å². The number of H-pyrrole nitrogens is 1. The number of aryl methyl sites for hydroxylation is 1. The molecule has 0 amide bonds. The van der Waals surface area contributed by atoms with E-state index in [1.807, 2.05) is 17.9 Å². The predicted octanol–water partition coefficient (Wildman–Crippen LogP) is 0.805. The molecule has 0 unspecified atom stereocenters. The number of aromatic amines is 1. The molecule has 0 fully saturated rings. The predicted molar refractivity (Wildman–Crippen MR) is 65.5 cm³/mol. The van der Waals surface area contributed by atoms with Crippen LogP contribution in [0.25, 0.3) is 0 Å². The summed E-state index contributed by atoms with van der Waals surface area (Å²) >= 11 is 0. The molecule has 0 aliphatic carbocycles. The van der Waals surface area contributed by atoms with Crippen molar-refractivity contribution in [3.8, 4) is 0 Å². The van der Waals surface area contributed by atoms with Gasteiger partial charge in [0.05, 0.1) is 24.2 Å². The average Bonchev–Trinajstić information content (AvgIpc) is 2.99. The minimum absolute atomic E-state index is 0.576. The lowest BCUT2D eigenvalue weighted by Crippen LogP contribution is -2.16. The van der Waals surface area contributed by atoms with Gasteiger partial charge in [0.2, 0.25) is 0 Å². The summed E-state index contributed by atoms with van der Waals surface area (Å²) in [6, 6.07) is 0. The topological polar surface area (TPSA) is 59.0 Å². The van der Waals surface area contributed by atoms with Crippen molar-refractivity contribution < 1.29 is 4.74 Å². The summed E-state index contributed by atoms with van der Waals surface area (Å²) in [4.78, 5) is 2.37. The zero-order chi connectivity index (χ0) is 12.5. The van der Waals surface area contributed by atoms with Crippen molar-refractivity contribution in [1.29, 1.82) is 0 Å². The van der Waals surface area contributed by atoms with E-state index in [9.17, 15) is 0 Å².